The van der Waals surface area contributed by atoms with Gasteiger partial charge in [-0.1, -0.05) is 30.9 Å². The molecule has 0 aliphatic carbocycles. The number of esters is 2. The number of ether oxygens (including phenoxy) is 2. The smallest absolute Gasteiger partial charge is 0.380 e. The molecule has 1 rings (SSSR count). The molecular formula is C16H16O7S. The second-order valence-electron chi connectivity index (χ2n) is 4.29. The standard InChI is InChI=1S/C16H16O7S/c1-3-10-23-14(17)11-13(15(18)16(19)22-4-2)24(20,21)12-8-6-5-7-9-12/h3,5-9,11H,1,4,10H2,2H3/b13-11+. The zero-order valence-electron chi connectivity index (χ0n) is 12.9. The van der Waals surface area contributed by atoms with Gasteiger partial charge in [-0.15, -0.1) is 0 Å². The molecule has 24 heavy (non-hydrogen) atoms. The summed E-state index contributed by atoms with van der Waals surface area (Å²) in [6.45, 7) is 4.50. The Morgan fingerprint density at radius 1 is 1.12 bits per heavy atom. The third kappa shape index (κ3) is 4.88. The van der Waals surface area contributed by atoms with Crippen molar-refractivity contribution in [3.63, 3.8) is 0 Å². The summed E-state index contributed by atoms with van der Waals surface area (Å²) in [6, 6.07) is 6.92. The van der Waals surface area contributed by atoms with Crippen LogP contribution in [0.3, 0.4) is 0 Å². The molecule has 0 saturated carbocycles. The second-order valence-corrected chi connectivity index (χ2v) is 6.21. The third-order valence-electron chi connectivity index (χ3n) is 2.62. The fourth-order valence-electron chi connectivity index (χ4n) is 1.58. The lowest BCUT2D eigenvalue weighted by atomic mass is 10.3. The van der Waals surface area contributed by atoms with Crippen molar-refractivity contribution in [2.75, 3.05) is 13.2 Å². The highest BCUT2D eigenvalue weighted by Crippen LogP contribution is 2.20. The topological polar surface area (TPSA) is 104 Å². The number of benzene rings is 1. The minimum Gasteiger partial charge on any atom is -0.460 e. The van der Waals surface area contributed by atoms with Gasteiger partial charge < -0.3 is 9.47 Å². The Kier molecular flexibility index (Phi) is 7.06. The molecule has 128 valence electrons. The largest absolute Gasteiger partial charge is 0.460 e. The van der Waals surface area contributed by atoms with Crippen molar-refractivity contribution < 1.29 is 32.3 Å². The molecule has 1 aromatic carbocycles. The van der Waals surface area contributed by atoms with Gasteiger partial charge in [0.1, 0.15) is 11.5 Å². The van der Waals surface area contributed by atoms with Gasteiger partial charge in [0.2, 0.25) is 9.84 Å². The Balaban J connectivity index is 3.35. The van der Waals surface area contributed by atoms with Crippen molar-refractivity contribution in [2.45, 2.75) is 11.8 Å². The van der Waals surface area contributed by atoms with E-state index in [0.717, 1.165) is 0 Å². The molecule has 0 spiro atoms. The van der Waals surface area contributed by atoms with Crippen molar-refractivity contribution >= 4 is 27.6 Å². The zero-order chi connectivity index (χ0) is 18.2. The maximum atomic E-state index is 12.6. The Hall–Kier alpha value is -2.74. The van der Waals surface area contributed by atoms with Gasteiger partial charge >= 0.3 is 11.9 Å². The number of sulfone groups is 1. The van der Waals surface area contributed by atoms with Gasteiger partial charge in [0.25, 0.3) is 5.78 Å². The molecule has 0 unspecified atom stereocenters. The molecule has 8 heteroatoms. The lowest BCUT2D eigenvalue weighted by Gasteiger charge is -2.08. The van der Waals surface area contributed by atoms with E-state index in [1.807, 2.05) is 0 Å². The van der Waals surface area contributed by atoms with Gasteiger partial charge in [-0.3, -0.25) is 4.79 Å². The zero-order valence-corrected chi connectivity index (χ0v) is 13.7. The third-order valence-corrected chi connectivity index (χ3v) is 4.40. The van der Waals surface area contributed by atoms with E-state index < -0.39 is 32.5 Å². The van der Waals surface area contributed by atoms with Crippen molar-refractivity contribution in [2.24, 2.45) is 0 Å². The monoisotopic (exact) mass is 352 g/mol. The number of hydrogen-bond acceptors (Lipinski definition) is 7. The van der Waals surface area contributed by atoms with Crippen LogP contribution in [0.15, 0.2) is 58.9 Å². The molecule has 1 aromatic rings. The normalized spacial score (nSPS) is 11.5. The fraction of sp³-hybridized carbons (Fsp3) is 0.188. The maximum Gasteiger partial charge on any atom is 0.380 e. The first kappa shape index (κ1) is 19.3. The lowest BCUT2D eigenvalue weighted by Crippen LogP contribution is -2.25. The van der Waals surface area contributed by atoms with Gasteiger partial charge in [-0.25, -0.2) is 18.0 Å². The summed E-state index contributed by atoms with van der Waals surface area (Å²) in [7, 11) is -4.40. The number of rotatable bonds is 8. The second kappa shape index (κ2) is 8.78. The maximum absolute atomic E-state index is 12.6. The van der Waals surface area contributed by atoms with Gasteiger partial charge in [-0.2, -0.15) is 0 Å². The minimum absolute atomic E-state index is 0.121. The summed E-state index contributed by atoms with van der Waals surface area (Å²) >= 11 is 0. The molecule has 0 saturated heterocycles. The van der Waals surface area contributed by atoms with Crippen LogP contribution in [0.5, 0.6) is 0 Å². The molecule has 7 nitrogen and oxygen atoms in total. The number of hydrogen-bond donors (Lipinski definition) is 0. The van der Waals surface area contributed by atoms with E-state index in [1.165, 1.54) is 37.3 Å². The Labute approximate surface area is 139 Å². The average Bonchev–Trinajstić information content (AvgIpc) is 2.58. The van der Waals surface area contributed by atoms with Gasteiger partial charge in [0, 0.05) is 6.08 Å². The number of carbonyl (C=O) groups excluding carboxylic acids is 3. The lowest BCUT2D eigenvalue weighted by molar-refractivity contribution is -0.151. The predicted octanol–water partition coefficient (Wildman–Crippen LogP) is 1.21. The van der Waals surface area contributed by atoms with Crippen molar-refractivity contribution in [1.82, 2.24) is 0 Å². The van der Waals surface area contributed by atoms with Crippen molar-refractivity contribution in [3.05, 3.63) is 54.0 Å². The van der Waals surface area contributed by atoms with Crippen LogP contribution in [-0.2, 0) is 33.7 Å². The summed E-state index contributed by atoms with van der Waals surface area (Å²) in [4.78, 5) is 34.1. The van der Waals surface area contributed by atoms with E-state index in [2.05, 4.69) is 16.1 Å². The van der Waals surface area contributed by atoms with Gasteiger partial charge in [0.05, 0.1) is 11.5 Å². The highest BCUT2D eigenvalue weighted by molar-refractivity contribution is 7.96. The molecule has 0 radical (unpaired) electrons. The number of carbonyl (C=O) groups is 3. The predicted molar refractivity (Wildman–Crippen MR) is 84.5 cm³/mol. The highest BCUT2D eigenvalue weighted by Gasteiger charge is 2.33. The molecule has 0 bridgehead atoms. The van der Waals surface area contributed by atoms with Crippen molar-refractivity contribution in [1.29, 1.82) is 0 Å². The van der Waals surface area contributed by atoms with E-state index in [9.17, 15) is 22.8 Å². The van der Waals surface area contributed by atoms with Crippen molar-refractivity contribution in [3.8, 4) is 0 Å². The molecule has 0 atom stereocenters. The van der Waals surface area contributed by atoms with Crippen LogP contribution >= 0.6 is 0 Å². The van der Waals surface area contributed by atoms with Crippen LogP contribution in [0.1, 0.15) is 6.92 Å². The summed E-state index contributed by atoms with van der Waals surface area (Å²) in [6.07, 6.45) is 1.73. The minimum atomic E-state index is -4.40. The van der Waals surface area contributed by atoms with Crippen LogP contribution in [0.25, 0.3) is 0 Å². The Morgan fingerprint density at radius 3 is 2.29 bits per heavy atom. The summed E-state index contributed by atoms with van der Waals surface area (Å²) in [5.74, 6) is -3.92. The molecule has 0 heterocycles. The van der Waals surface area contributed by atoms with Crippen LogP contribution in [0.4, 0.5) is 0 Å². The van der Waals surface area contributed by atoms with Gasteiger partial charge in [0.15, 0.2) is 0 Å². The number of ketones is 1. The van der Waals surface area contributed by atoms with E-state index in [4.69, 9.17) is 0 Å². The fourth-order valence-corrected chi connectivity index (χ4v) is 2.93. The van der Waals surface area contributed by atoms with E-state index in [0.29, 0.717) is 6.08 Å². The molecule has 0 aliphatic rings. The molecule has 0 N–H and O–H groups in total. The van der Waals surface area contributed by atoms with Crippen LogP contribution in [0.2, 0.25) is 0 Å². The first-order chi connectivity index (χ1) is 11.3. The Bertz CT molecular complexity index is 761. The Morgan fingerprint density at radius 2 is 1.75 bits per heavy atom. The van der Waals surface area contributed by atoms with Crippen LogP contribution < -0.4 is 0 Å². The number of Topliss-reactive ketones (excluding diaryl/α,β-unsaturated/α-hetero) is 1. The summed E-state index contributed by atoms with van der Waals surface area (Å²) in [5.41, 5.74) is 0. The molecular weight excluding hydrogens is 336 g/mol. The van der Waals surface area contributed by atoms with E-state index in [1.54, 1.807) is 6.07 Å². The first-order valence-electron chi connectivity index (χ1n) is 6.85. The quantitative estimate of drug-likeness (QED) is 0.300. The SMILES string of the molecule is C=CCOC(=O)/C=C(\C(=O)C(=O)OCC)S(=O)(=O)c1ccccc1. The van der Waals surface area contributed by atoms with E-state index >= 15 is 0 Å². The highest BCUT2D eigenvalue weighted by atomic mass is 32.2. The molecule has 0 fully saturated rings. The van der Waals surface area contributed by atoms with E-state index in [-0.39, 0.29) is 18.1 Å². The molecule has 0 amide bonds. The summed E-state index contributed by atoms with van der Waals surface area (Å²) < 4.78 is 34.3. The molecule has 0 aliphatic heterocycles. The van der Waals surface area contributed by atoms with Crippen LogP contribution in [0, 0.1) is 0 Å². The first-order valence-corrected chi connectivity index (χ1v) is 8.33. The summed E-state index contributed by atoms with van der Waals surface area (Å²) in [5, 5.41) is 0. The van der Waals surface area contributed by atoms with Crippen LogP contribution in [-0.4, -0.2) is 39.4 Å². The average molecular weight is 352 g/mol. The van der Waals surface area contributed by atoms with Gasteiger partial charge in [-0.05, 0) is 19.1 Å². The molecule has 0 aromatic heterocycles.